The summed E-state index contributed by atoms with van der Waals surface area (Å²) in [5.41, 5.74) is 0. The molecule has 0 aromatic heterocycles. The summed E-state index contributed by atoms with van der Waals surface area (Å²) in [4.78, 5) is 0. The quantitative estimate of drug-likeness (QED) is 0.836. The van der Waals surface area contributed by atoms with Crippen LogP contribution in [0.25, 0.3) is 0 Å². The molecule has 1 aromatic carbocycles. The fourth-order valence-electron chi connectivity index (χ4n) is 1.73. The minimum atomic E-state index is -3.58. The molecule has 108 valence electrons. The lowest BCUT2D eigenvalue weighted by Gasteiger charge is -2.16. The molecule has 4 nitrogen and oxygen atoms in total. The van der Waals surface area contributed by atoms with Crippen molar-refractivity contribution in [2.24, 2.45) is 11.1 Å². The third-order valence-corrected chi connectivity index (χ3v) is 3.48. The van der Waals surface area contributed by atoms with E-state index in [1.54, 1.807) is 0 Å². The minimum absolute atomic E-state index is 0.0926. The largest absolute Gasteiger partial charge is 0.493 e. The number of primary sulfonamides is 1. The van der Waals surface area contributed by atoms with Gasteiger partial charge in [-0.05, 0) is 18.6 Å². The molecule has 0 aliphatic rings. The summed E-state index contributed by atoms with van der Waals surface area (Å²) < 4.78 is 53.0. The van der Waals surface area contributed by atoms with E-state index in [-0.39, 0.29) is 24.0 Å². The van der Waals surface area contributed by atoms with E-state index >= 15 is 0 Å². The van der Waals surface area contributed by atoms with Gasteiger partial charge in [0, 0.05) is 12.0 Å². The Morgan fingerprint density at radius 3 is 2.53 bits per heavy atom. The van der Waals surface area contributed by atoms with Gasteiger partial charge in [0.05, 0.1) is 12.4 Å². The number of sulfonamides is 1. The lowest BCUT2D eigenvalue weighted by atomic mass is 10.1. The van der Waals surface area contributed by atoms with Crippen LogP contribution in [0.3, 0.4) is 0 Å². The highest BCUT2D eigenvalue weighted by Crippen LogP contribution is 2.17. The fourth-order valence-corrected chi connectivity index (χ4v) is 2.65. The standard InChI is InChI=1S/C12H17F2NO3S/c1-2-3-9(8-19(15,16)17)7-18-10-4-5-11(13)12(14)6-10/h4-6,9H,2-3,7-8H2,1H3,(H2,15,16,17). The second-order valence-electron chi connectivity index (χ2n) is 4.37. The second kappa shape index (κ2) is 6.81. The van der Waals surface area contributed by atoms with Crippen molar-refractivity contribution >= 4 is 10.0 Å². The molecule has 0 fully saturated rings. The van der Waals surface area contributed by atoms with Crippen LogP contribution in [0.4, 0.5) is 8.78 Å². The molecule has 7 heteroatoms. The molecule has 0 amide bonds. The van der Waals surface area contributed by atoms with Crippen molar-refractivity contribution in [3.8, 4) is 5.75 Å². The first-order valence-electron chi connectivity index (χ1n) is 5.90. The summed E-state index contributed by atoms with van der Waals surface area (Å²) in [6.07, 6.45) is 1.40. The molecule has 2 N–H and O–H groups in total. The van der Waals surface area contributed by atoms with Crippen LogP contribution in [0.1, 0.15) is 19.8 Å². The SMILES string of the molecule is CCCC(COc1ccc(F)c(F)c1)CS(N)(=O)=O. The topological polar surface area (TPSA) is 69.4 Å². The first-order chi connectivity index (χ1) is 8.81. The van der Waals surface area contributed by atoms with Gasteiger partial charge in [0.2, 0.25) is 10.0 Å². The van der Waals surface area contributed by atoms with Gasteiger partial charge in [-0.1, -0.05) is 13.3 Å². The Kier molecular flexibility index (Phi) is 5.68. The van der Waals surface area contributed by atoms with Crippen LogP contribution < -0.4 is 9.88 Å². The van der Waals surface area contributed by atoms with Crippen molar-refractivity contribution in [1.82, 2.24) is 0 Å². The zero-order chi connectivity index (χ0) is 14.5. The van der Waals surface area contributed by atoms with E-state index in [0.29, 0.717) is 6.42 Å². The fraction of sp³-hybridized carbons (Fsp3) is 0.500. The maximum atomic E-state index is 13.0. The minimum Gasteiger partial charge on any atom is -0.493 e. The first-order valence-corrected chi connectivity index (χ1v) is 7.61. The van der Waals surface area contributed by atoms with Gasteiger partial charge in [0.1, 0.15) is 5.75 Å². The maximum Gasteiger partial charge on any atom is 0.209 e. The van der Waals surface area contributed by atoms with Gasteiger partial charge in [-0.25, -0.2) is 22.3 Å². The predicted octanol–water partition coefficient (Wildman–Crippen LogP) is 2.05. The summed E-state index contributed by atoms with van der Waals surface area (Å²) in [6, 6.07) is 3.17. The zero-order valence-electron chi connectivity index (χ0n) is 10.6. The molecule has 1 rings (SSSR count). The number of nitrogens with two attached hydrogens (primary N) is 1. The Morgan fingerprint density at radius 1 is 1.32 bits per heavy atom. The Labute approximate surface area is 111 Å². The molecule has 0 radical (unpaired) electrons. The van der Waals surface area contributed by atoms with E-state index in [4.69, 9.17) is 9.88 Å². The van der Waals surface area contributed by atoms with E-state index in [9.17, 15) is 17.2 Å². The molecule has 0 aliphatic heterocycles. The van der Waals surface area contributed by atoms with Gasteiger partial charge >= 0.3 is 0 Å². The van der Waals surface area contributed by atoms with E-state index in [1.807, 2.05) is 6.92 Å². The van der Waals surface area contributed by atoms with Crippen LogP contribution in [0.15, 0.2) is 18.2 Å². The van der Waals surface area contributed by atoms with Gasteiger partial charge in [0.25, 0.3) is 0 Å². The number of ether oxygens (including phenoxy) is 1. The molecule has 1 atom stereocenters. The number of hydrogen-bond donors (Lipinski definition) is 1. The highest BCUT2D eigenvalue weighted by atomic mass is 32.2. The van der Waals surface area contributed by atoms with Crippen LogP contribution >= 0.6 is 0 Å². The number of benzene rings is 1. The smallest absolute Gasteiger partial charge is 0.209 e. The van der Waals surface area contributed by atoms with Crippen LogP contribution in [0, 0.1) is 17.6 Å². The molecule has 0 saturated carbocycles. The summed E-state index contributed by atoms with van der Waals surface area (Å²) >= 11 is 0. The normalized spacial score (nSPS) is 13.3. The van der Waals surface area contributed by atoms with Gasteiger partial charge < -0.3 is 4.74 Å². The third-order valence-electron chi connectivity index (χ3n) is 2.54. The van der Waals surface area contributed by atoms with Gasteiger partial charge in [-0.2, -0.15) is 0 Å². The van der Waals surface area contributed by atoms with Gasteiger partial charge in [-0.3, -0.25) is 0 Å². The average molecular weight is 293 g/mol. The summed E-state index contributed by atoms with van der Waals surface area (Å²) in [6.45, 7) is 2.00. The predicted molar refractivity (Wildman–Crippen MR) is 68.2 cm³/mol. The maximum absolute atomic E-state index is 13.0. The second-order valence-corrected chi connectivity index (χ2v) is 6.03. The average Bonchev–Trinajstić information content (AvgIpc) is 2.29. The molecule has 0 bridgehead atoms. The van der Waals surface area contributed by atoms with Gasteiger partial charge in [-0.15, -0.1) is 0 Å². The summed E-state index contributed by atoms with van der Waals surface area (Å²) in [5.74, 6) is -2.26. The van der Waals surface area contributed by atoms with Crippen molar-refractivity contribution in [2.45, 2.75) is 19.8 Å². The summed E-state index contributed by atoms with van der Waals surface area (Å²) in [7, 11) is -3.58. The van der Waals surface area contributed by atoms with Crippen LogP contribution in [-0.2, 0) is 10.0 Å². The van der Waals surface area contributed by atoms with Crippen molar-refractivity contribution < 1.29 is 21.9 Å². The monoisotopic (exact) mass is 293 g/mol. The molecule has 0 heterocycles. The highest BCUT2D eigenvalue weighted by Gasteiger charge is 2.16. The van der Waals surface area contributed by atoms with Crippen molar-refractivity contribution in [3.63, 3.8) is 0 Å². The Bertz CT molecular complexity index is 520. The van der Waals surface area contributed by atoms with Crippen molar-refractivity contribution in [2.75, 3.05) is 12.4 Å². The van der Waals surface area contributed by atoms with E-state index in [2.05, 4.69) is 0 Å². The molecule has 1 aromatic rings. The lowest BCUT2D eigenvalue weighted by Crippen LogP contribution is -2.27. The molecule has 1 unspecified atom stereocenters. The van der Waals surface area contributed by atoms with Crippen LogP contribution in [0.2, 0.25) is 0 Å². The number of halogens is 2. The lowest BCUT2D eigenvalue weighted by molar-refractivity contribution is 0.251. The molecule has 0 saturated heterocycles. The first kappa shape index (κ1) is 15.8. The Balaban J connectivity index is 2.62. The van der Waals surface area contributed by atoms with E-state index in [0.717, 1.165) is 18.6 Å². The summed E-state index contributed by atoms with van der Waals surface area (Å²) in [5, 5.41) is 4.99. The van der Waals surface area contributed by atoms with Gasteiger partial charge in [0.15, 0.2) is 11.6 Å². The van der Waals surface area contributed by atoms with Crippen LogP contribution in [0.5, 0.6) is 5.75 Å². The zero-order valence-corrected chi connectivity index (χ0v) is 11.4. The van der Waals surface area contributed by atoms with Crippen LogP contribution in [-0.4, -0.2) is 20.8 Å². The molecular weight excluding hydrogens is 276 g/mol. The van der Waals surface area contributed by atoms with E-state index in [1.165, 1.54) is 6.07 Å². The highest BCUT2D eigenvalue weighted by molar-refractivity contribution is 7.89. The number of hydrogen-bond acceptors (Lipinski definition) is 3. The Hall–Kier alpha value is -1.21. The third kappa shape index (κ3) is 5.98. The van der Waals surface area contributed by atoms with Crippen molar-refractivity contribution in [1.29, 1.82) is 0 Å². The van der Waals surface area contributed by atoms with E-state index < -0.39 is 21.7 Å². The molecular formula is C12H17F2NO3S. The Morgan fingerprint density at radius 2 is 2.00 bits per heavy atom. The van der Waals surface area contributed by atoms with Crippen molar-refractivity contribution in [3.05, 3.63) is 29.8 Å². The molecule has 0 spiro atoms. The number of rotatable bonds is 7. The molecule has 19 heavy (non-hydrogen) atoms. The molecule has 0 aliphatic carbocycles.